The lowest BCUT2D eigenvalue weighted by Crippen LogP contribution is -2.44. The molecule has 0 saturated heterocycles. The number of carbonyl (C=O) groups excluding carboxylic acids is 1. The molecular formula is C25H32N2O. The Morgan fingerprint density at radius 2 is 1.71 bits per heavy atom. The smallest absolute Gasteiger partial charge is 0.227 e. The van der Waals surface area contributed by atoms with Gasteiger partial charge in [-0.25, -0.2) is 0 Å². The molecule has 2 aromatic carbocycles. The second-order valence-corrected chi connectivity index (χ2v) is 8.51. The molecule has 28 heavy (non-hydrogen) atoms. The van der Waals surface area contributed by atoms with Crippen molar-refractivity contribution < 1.29 is 4.79 Å². The first-order chi connectivity index (χ1) is 13.7. The molecule has 1 N–H and O–H groups in total. The molecule has 1 saturated carbocycles. The standard InChI is InChI=1S/C25H32N2O/c1-19-18-23(26-21-12-6-3-7-13-21)22-14-8-9-15-24(22)27(19)25(28)17-16-20-10-4-2-5-11-20/h3,6-9,12-15,19-20,23,26H,2,4-5,10-11,16-18H2,1H3/t19-,23+/m0/s1. The molecule has 0 unspecified atom stereocenters. The largest absolute Gasteiger partial charge is 0.378 e. The zero-order chi connectivity index (χ0) is 19.3. The van der Waals surface area contributed by atoms with Crippen LogP contribution in [0.25, 0.3) is 0 Å². The maximum absolute atomic E-state index is 13.2. The van der Waals surface area contributed by atoms with Gasteiger partial charge in [0.05, 0.1) is 6.04 Å². The Bertz CT molecular complexity index is 782. The summed E-state index contributed by atoms with van der Waals surface area (Å²) >= 11 is 0. The van der Waals surface area contributed by atoms with Gasteiger partial charge in [-0.1, -0.05) is 68.5 Å². The van der Waals surface area contributed by atoms with Crippen LogP contribution in [0.15, 0.2) is 54.6 Å². The minimum atomic E-state index is 0.204. The predicted octanol–water partition coefficient (Wildman–Crippen LogP) is 6.33. The summed E-state index contributed by atoms with van der Waals surface area (Å²) in [5.74, 6) is 1.05. The number of fused-ring (bicyclic) bond motifs is 1. The maximum atomic E-state index is 13.2. The van der Waals surface area contributed by atoms with Crippen LogP contribution in [0.2, 0.25) is 0 Å². The molecule has 1 aliphatic carbocycles. The monoisotopic (exact) mass is 376 g/mol. The zero-order valence-corrected chi connectivity index (χ0v) is 16.9. The molecule has 1 heterocycles. The van der Waals surface area contributed by atoms with E-state index in [0.717, 1.165) is 30.1 Å². The van der Waals surface area contributed by atoms with Gasteiger partial charge in [0.25, 0.3) is 0 Å². The van der Waals surface area contributed by atoms with Gasteiger partial charge in [-0.05, 0) is 49.4 Å². The molecule has 0 bridgehead atoms. The van der Waals surface area contributed by atoms with Gasteiger partial charge < -0.3 is 10.2 Å². The Kier molecular flexibility index (Phi) is 5.99. The summed E-state index contributed by atoms with van der Waals surface area (Å²) in [6.45, 7) is 2.19. The van der Waals surface area contributed by atoms with Crippen LogP contribution in [0, 0.1) is 5.92 Å². The number of rotatable bonds is 5. The third-order valence-corrected chi connectivity index (χ3v) is 6.46. The van der Waals surface area contributed by atoms with Gasteiger partial charge in [0.15, 0.2) is 0 Å². The number of benzene rings is 2. The van der Waals surface area contributed by atoms with Crippen molar-refractivity contribution in [2.75, 3.05) is 10.2 Å². The van der Waals surface area contributed by atoms with Crippen molar-refractivity contribution >= 4 is 17.3 Å². The molecular weight excluding hydrogens is 344 g/mol. The molecule has 4 rings (SSSR count). The Morgan fingerprint density at radius 1 is 1.00 bits per heavy atom. The summed E-state index contributed by atoms with van der Waals surface area (Å²) in [6.07, 6.45) is 9.34. The third-order valence-electron chi connectivity index (χ3n) is 6.46. The van der Waals surface area contributed by atoms with E-state index in [2.05, 4.69) is 65.7 Å². The van der Waals surface area contributed by atoms with Gasteiger partial charge in [-0.2, -0.15) is 0 Å². The van der Waals surface area contributed by atoms with Crippen LogP contribution >= 0.6 is 0 Å². The van der Waals surface area contributed by atoms with Crippen LogP contribution in [0.4, 0.5) is 11.4 Å². The van der Waals surface area contributed by atoms with Crippen molar-refractivity contribution in [1.29, 1.82) is 0 Å². The molecule has 1 amide bonds. The van der Waals surface area contributed by atoms with Crippen molar-refractivity contribution in [3.05, 3.63) is 60.2 Å². The van der Waals surface area contributed by atoms with Crippen LogP contribution in [0.1, 0.15) is 69.9 Å². The highest BCUT2D eigenvalue weighted by molar-refractivity contribution is 5.95. The van der Waals surface area contributed by atoms with E-state index in [0.29, 0.717) is 12.3 Å². The lowest BCUT2D eigenvalue weighted by atomic mass is 9.85. The summed E-state index contributed by atoms with van der Waals surface area (Å²) in [5, 5.41) is 3.67. The lowest BCUT2D eigenvalue weighted by Gasteiger charge is -2.40. The number of anilines is 2. The summed E-state index contributed by atoms with van der Waals surface area (Å²) < 4.78 is 0. The SMILES string of the molecule is C[C@H]1C[C@@H](Nc2ccccc2)c2ccccc2N1C(=O)CCC1CCCCC1. The van der Waals surface area contributed by atoms with E-state index in [1.54, 1.807) is 0 Å². The molecule has 2 aliphatic rings. The van der Waals surface area contributed by atoms with Crippen LogP contribution in [0.3, 0.4) is 0 Å². The van der Waals surface area contributed by atoms with Crippen LogP contribution < -0.4 is 10.2 Å². The average molecular weight is 377 g/mol. The second-order valence-electron chi connectivity index (χ2n) is 8.51. The summed E-state index contributed by atoms with van der Waals surface area (Å²) in [4.78, 5) is 15.3. The molecule has 2 atom stereocenters. The van der Waals surface area contributed by atoms with Gasteiger partial charge >= 0.3 is 0 Å². The summed E-state index contributed by atoms with van der Waals surface area (Å²) in [7, 11) is 0. The first-order valence-corrected chi connectivity index (χ1v) is 10.9. The topological polar surface area (TPSA) is 32.3 Å². The van der Waals surface area contributed by atoms with E-state index < -0.39 is 0 Å². The van der Waals surface area contributed by atoms with Gasteiger partial charge in [-0.15, -0.1) is 0 Å². The third kappa shape index (κ3) is 4.24. The zero-order valence-electron chi connectivity index (χ0n) is 16.9. The fraction of sp³-hybridized carbons (Fsp3) is 0.480. The summed E-state index contributed by atoms with van der Waals surface area (Å²) in [6, 6.07) is 19.2. The number of nitrogens with zero attached hydrogens (tertiary/aromatic N) is 1. The highest BCUT2D eigenvalue weighted by Crippen LogP contribution is 2.39. The van der Waals surface area contributed by atoms with Crippen LogP contribution in [-0.2, 0) is 4.79 Å². The van der Waals surface area contributed by atoms with Gasteiger partial charge in [-0.3, -0.25) is 4.79 Å². The summed E-state index contributed by atoms with van der Waals surface area (Å²) in [5.41, 5.74) is 3.45. The van der Waals surface area contributed by atoms with E-state index in [1.165, 1.54) is 37.7 Å². The van der Waals surface area contributed by atoms with E-state index in [1.807, 2.05) is 6.07 Å². The van der Waals surface area contributed by atoms with Gasteiger partial charge in [0.2, 0.25) is 5.91 Å². The Balaban J connectivity index is 1.49. The second kappa shape index (κ2) is 8.81. The van der Waals surface area contributed by atoms with Crippen molar-refractivity contribution in [1.82, 2.24) is 0 Å². The van der Waals surface area contributed by atoms with E-state index in [9.17, 15) is 4.79 Å². The molecule has 0 radical (unpaired) electrons. The van der Waals surface area contributed by atoms with Crippen molar-refractivity contribution in [2.45, 2.75) is 70.4 Å². The molecule has 2 aromatic rings. The highest BCUT2D eigenvalue weighted by Gasteiger charge is 2.33. The number of nitrogens with one attached hydrogen (secondary N) is 1. The normalized spacial score (nSPS) is 22.5. The number of para-hydroxylation sites is 2. The fourth-order valence-electron chi connectivity index (χ4n) is 4.99. The Hall–Kier alpha value is -2.29. The number of carbonyl (C=O) groups is 1. The van der Waals surface area contributed by atoms with E-state index in [4.69, 9.17) is 0 Å². The Labute approximate surface area is 169 Å². The minimum absolute atomic E-state index is 0.204. The number of hydrogen-bond acceptors (Lipinski definition) is 2. The molecule has 0 spiro atoms. The predicted molar refractivity (Wildman–Crippen MR) is 117 cm³/mol. The molecule has 1 fully saturated rings. The fourth-order valence-corrected chi connectivity index (χ4v) is 4.99. The first kappa shape index (κ1) is 19.0. The average Bonchev–Trinajstić information content (AvgIpc) is 2.74. The molecule has 1 aliphatic heterocycles. The molecule has 0 aromatic heterocycles. The quantitative estimate of drug-likeness (QED) is 0.662. The number of hydrogen-bond donors (Lipinski definition) is 1. The minimum Gasteiger partial charge on any atom is -0.378 e. The van der Waals surface area contributed by atoms with Crippen molar-refractivity contribution in [3.8, 4) is 0 Å². The van der Waals surface area contributed by atoms with E-state index in [-0.39, 0.29) is 12.1 Å². The number of amides is 1. The lowest BCUT2D eigenvalue weighted by molar-refractivity contribution is -0.119. The molecule has 3 nitrogen and oxygen atoms in total. The molecule has 148 valence electrons. The van der Waals surface area contributed by atoms with Gasteiger partial charge in [0.1, 0.15) is 0 Å². The first-order valence-electron chi connectivity index (χ1n) is 10.9. The van der Waals surface area contributed by atoms with E-state index >= 15 is 0 Å². The Morgan fingerprint density at radius 3 is 2.50 bits per heavy atom. The van der Waals surface area contributed by atoms with Crippen molar-refractivity contribution in [3.63, 3.8) is 0 Å². The van der Waals surface area contributed by atoms with Crippen LogP contribution in [-0.4, -0.2) is 11.9 Å². The van der Waals surface area contributed by atoms with Crippen molar-refractivity contribution in [2.24, 2.45) is 5.92 Å². The molecule has 3 heteroatoms. The maximum Gasteiger partial charge on any atom is 0.227 e. The highest BCUT2D eigenvalue weighted by atomic mass is 16.2. The van der Waals surface area contributed by atoms with Crippen LogP contribution in [0.5, 0.6) is 0 Å². The van der Waals surface area contributed by atoms with Gasteiger partial charge in [0, 0.05) is 23.8 Å².